The number of carbonyl (C=O) groups excluding carboxylic acids is 2. The lowest BCUT2D eigenvalue weighted by molar-refractivity contribution is -0.138. The first-order chi connectivity index (χ1) is 21.3. The molecule has 0 unspecified atom stereocenters. The van der Waals surface area contributed by atoms with Crippen molar-refractivity contribution in [2.45, 2.75) is 51.5 Å². The molecule has 0 aromatic heterocycles. The van der Waals surface area contributed by atoms with Crippen molar-refractivity contribution in [2.24, 2.45) is 0 Å². The van der Waals surface area contributed by atoms with Crippen LogP contribution >= 0.6 is 0 Å². The number of ether oxygens (including phenoxy) is 2. The lowest BCUT2D eigenvalue weighted by Gasteiger charge is -2.35. The second-order valence-electron chi connectivity index (χ2n) is 11.0. The number of ketones is 1. The lowest BCUT2D eigenvalue weighted by Crippen LogP contribution is -2.38. The molecule has 1 aliphatic heterocycles. The van der Waals surface area contributed by atoms with Crippen LogP contribution in [0.1, 0.15) is 62.6 Å². The number of aliphatic carboxylic acids is 1. The van der Waals surface area contributed by atoms with Crippen molar-refractivity contribution in [1.82, 2.24) is 0 Å². The Balaban J connectivity index is 1.65. The highest BCUT2D eigenvalue weighted by atomic mass is 16.5. The highest BCUT2D eigenvalue weighted by Gasteiger charge is 2.41. The molecule has 0 saturated carbocycles. The normalized spacial score (nSPS) is 17.6. The standard InChI is InChI=1S/C35H39N3O6/c1-5-37(6-2)25-14-11-22(12-15-25)35-34-27(19-24(20-29(34)39)23-13-16-30(43-3)31(21-23)44-4)36-26-9-7-8-10-28(26)38(35)32(40)17-18-33(41)42/h7-16,21,24,35-36H,5-6,17-20H2,1-4H3,(H,41,42)/t24-,35+/m1/s1. The molecule has 9 nitrogen and oxygen atoms in total. The average Bonchev–Trinajstić information content (AvgIpc) is 3.19. The Hall–Kier alpha value is -4.79. The number of Topliss-reactive ketones (excluding diaryl/α,β-unsaturated/α-hetero) is 1. The quantitative estimate of drug-likeness (QED) is 0.280. The summed E-state index contributed by atoms with van der Waals surface area (Å²) in [5.74, 6) is -0.392. The van der Waals surface area contributed by atoms with Crippen LogP contribution in [0.15, 0.2) is 78.0 Å². The van der Waals surface area contributed by atoms with Crippen molar-refractivity contribution in [1.29, 1.82) is 0 Å². The predicted octanol–water partition coefficient (Wildman–Crippen LogP) is 6.32. The average molecular weight is 598 g/mol. The molecule has 9 heteroatoms. The van der Waals surface area contributed by atoms with Crippen LogP contribution in [0, 0.1) is 0 Å². The summed E-state index contributed by atoms with van der Waals surface area (Å²) in [5.41, 5.74) is 5.35. The summed E-state index contributed by atoms with van der Waals surface area (Å²) < 4.78 is 11.0. The van der Waals surface area contributed by atoms with Gasteiger partial charge in [0.25, 0.3) is 0 Å². The van der Waals surface area contributed by atoms with Crippen LogP contribution in [0.2, 0.25) is 0 Å². The van der Waals surface area contributed by atoms with Crippen LogP contribution < -0.4 is 24.6 Å². The molecular formula is C35H39N3O6. The molecule has 3 aromatic carbocycles. The molecule has 3 aromatic rings. The molecule has 0 fully saturated rings. The number of fused-ring (bicyclic) bond motifs is 1. The van der Waals surface area contributed by atoms with Crippen LogP contribution in [0.25, 0.3) is 0 Å². The van der Waals surface area contributed by atoms with Crippen molar-refractivity contribution in [3.05, 3.63) is 89.1 Å². The zero-order chi connectivity index (χ0) is 31.4. The van der Waals surface area contributed by atoms with Gasteiger partial charge in [0.2, 0.25) is 5.91 Å². The van der Waals surface area contributed by atoms with E-state index in [1.54, 1.807) is 19.1 Å². The van der Waals surface area contributed by atoms with E-state index in [0.29, 0.717) is 34.9 Å². The highest BCUT2D eigenvalue weighted by Crippen LogP contribution is 2.48. The van der Waals surface area contributed by atoms with Crippen molar-refractivity contribution >= 4 is 34.7 Å². The third-order valence-corrected chi connectivity index (χ3v) is 8.53. The summed E-state index contributed by atoms with van der Waals surface area (Å²) in [6, 6.07) is 20.4. The Morgan fingerprint density at radius 2 is 1.59 bits per heavy atom. The molecule has 0 bridgehead atoms. The van der Waals surface area contributed by atoms with Gasteiger partial charge in [-0.1, -0.05) is 30.3 Å². The molecule has 1 aliphatic carbocycles. The maximum atomic E-state index is 14.3. The molecular weight excluding hydrogens is 558 g/mol. The number of anilines is 3. The minimum Gasteiger partial charge on any atom is -0.493 e. The number of allylic oxidation sites excluding steroid dienone is 1. The number of nitrogens with one attached hydrogen (secondary N) is 1. The van der Waals surface area contributed by atoms with Crippen LogP contribution in [-0.4, -0.2) is 50.1 Å². The van der Waals surface area contributed by atoms with E-state index in [4.69, 9.17) is 9.47 Å². The van der Waals surface area contributed by atoms with Gasteiger partial charge in [0.15, 0.2) is 17.3 Å². The van der Waals surface area contributed by atoms with Crippen LogP contribution in [0.4, 0.5) is 17.1 Å². The van der Waals surface area contributed by atoms with Crippen LogP contribution in [0.3, 0.4) is 0 Å². The number of rotatable bonds is 10. The summed E-state index contributed by atoms with van der Waals surface area (Å²) in [7, 11) is 3.17. The van der Waals surface area contributed by atoms with Gasteiger partial charge in [-0.25, -0.2) is 0 Å². The third kappa shape index (κ3) is 6.00. The van der Waals surface area contributed by atoms with Gasteiger partial charge in [0.05, 0.1) is 38.1 Å². The van der Waals surface area contributed by atoms with Crippen molar-refractivity contribution < 1.29 is 29.0 Å². The number of nitrogens with zero attached hydrogens (tertiary/aromatic N) is 2. The van der Waals surface area contributed by atoms with Gasteiger partial charge in [0, 0.05) is 42.9 Å². The van der Waals surface area contributed by atoms with E-state index in [1.807, 2.05) is 66.7 Å². The molecule has 230 valence electrons. The molecule has 44 heavy (non-hydrogen) atoms. The number of carboxylic acids is 1. The Kier molecular flexibility index (Phi) is 9.23. The van der Waals surface area contributed by atoms with Gasteiger partial charge < -0.3 is 24.8 Å². The number of carbonyl (C=O) groups is 3. The molecule has 1 amide bonds. The summed E-state index contributed by atoms with van der Waals surface area (Å²) in [6.07, 6.45) is 0.288. The lowest BCUT2D eigenvalue weighted by atomic mass is 9.78. The summed E-state index contributed by atoms with van der Waals surface area (Å²) in [5, 5.41) is 12.9. The number of methoxy groups -OCH3 is 2. The van der Waals surface area contributed by atoms with Gasteiger partial charge in [-0.15, -0.1) is 0 Å². The Bertz CT molecular complexity index is 1580. The van der Waals surface area contributed by atoms with Crippen molar-refractivity contribution in [2.75, 3.05) is 42.4 Å². The molecule has 2 N–H and O–H groups in total. The fourth-order valence-electron chi connectivity index (χ4n) is 6.31. The smallest absolute Gasteiger partial charge is 0.303 e. The zero-order valence-corrected chi connectivity index (χ0v) is 25.6. The van der Waals surface area contributed by atoms with Crippen molar-refractivity contribution in [3.63, 3.8) is 0 Å². The second kappa shape index (κ2) is 13.2. The minimum absolute atomic E-state index is 0.0693. The first-order valence-corrected chi connectivity index (χ1v) is 15.0. The summed E-state index contributed by atoms with van der Waals surface area (Å²) in [4.78, 5) is 43.5. The Morgan fingerprint density at radius 1 is 0.909 bits per heavy atom. The van der Waals surface area contributed by atoms with Gasteiger partial charge in [0.1, 0.15) is 0 Å². The fraction of sp³-hybridized carbons (Fsp3) is 0.343. The predicted molar refractivity (Wildman–Crippen MR) is 171 cm³/mol. The van der Waals surface area contributed by atoms with Gasteiger partial charge in [-0.05, 0) is 73.7 Å². The van der Waals surface area contributed by atoms with Crippen LogP contribution in [0.5, 0.6) is 11.5 Å². The molecule has 2 atom stereocenters. The molecule has 2 aliphatic rings. The van der Waals surface area contributed by atoms with Gasteiger partial charge >= 0.3 is 5.97 Å². The topological polar surface area (TPSA) is 108 Å². The van der Waals surface area contributed by atoms with Crippen molar-refractivity contribution in [3.8, 4) is 11.5 Å². The van der Waals surface area contributed by atoms with E-state index >= 15 is 0 Å². The maximum Gasteiger partial charge on any atom is 0.303 e. The Morgan fingerprint density at radius 3 is 2.25 bits per heavy atom. The maximum absolute atomic E-state index is 14.3. The SMILES string of the molecule is CCN(CC)c1ccc([C@H]2C3=C(C[C@@H](c4ccc(OC)c(OC)c4)CC3=O)Nc3ccccc3N2C(=O)CCC(=O)O)cc1. The minimum atomic E-state index is -1.05. The highest BCUT2D eigenvalue weighted by molar-refractivity contribution is 6.06. The van der Waals surface area contributed by atoms with E-state index in [-0.39, 0.29) is 36.9 Å². The number of amides is 1. The van der Waals surface area contributed by atoms with Gasteiger partial charge in [-0.2, -0.15) is 0 Å². The second-order valence-corrected chi connectivity index (χ2v) is 11.0. The molecule has 0 saturated heterocycles. The largest absolute Gasteiger partial charge is 0.493 e. The zero-order valence-electron chi connectivity index (χ0n) is 25.6. The number of carboxylic acid groups (broad SMARTS) is 1. The molecule has 1 heterocycles. The van der Waals surface area contributed by atoms with Gasteiger partial charge in [-0.3, -0.25) is 19.3 Å². The summed E-state index contributed by atoms with van der Waals surface area (Å²) in [6.45, 7) is 5.89. The third-order valence-electron chi connectivity index (χ3n) is 8.53. The number of para-hydroxylation sites is 2. The molecule has 5 rings (SSSR count). The monoisotopic (exact) mass is 597 g/mol. The van der Waals surface area contributed by atoms with E-state index in [0.717, 1.165) is 35.6 Å². The summed E-state index contributed by atoms with van der Waals surface area (Å²) >= 11 is 0. The van der Waals surface area contributed by atoms with E-state index in [9.17, 15) is 19.5 Å². The first kappa shape index (κ1) is 30.7. The van der Waals surface area contributed by atoms with Crippen LogP contribution in [-0.2, 0) is 14.4 Å². The molecule has 0 spiro atoms. The van der Waals surface area contributed by atoms with E-state index in [1.165, 1.54) is 0 Å². The molecule has 0 radical (unpaired) electrons. The number of hydrogen-bond acceptors (Lipinski definition) is 7. The van der Waals surface area contributed by atoms with E-state index in [2.05, 4.69) is 24.1 Å². The first-order valence-electron chi connectivity index (χ1n) is 15.0. The Labute approximate surface area is 258 Å². The number of benzene rings is 3. The number of hydrogen-bond donors (Lipinski definition) is 2. The van der Waals surface area contributed by atoms with E-state index < -0.39 is 12.0 Å². The fourth-order valence-corrected chi connectivity index (χ4v) is 6.31.